The highest BCUT2D eigenvalue weighted by Gasteiger charge is 1.97. The van der Waals surface area contributed by atoms with Crippen molar-refractivity contribution in [3.63, 3.8) is 0 Å². The molecule has 0 atom stereocenters. The van der Waals surface area contributed by atoms with Gasteiger partial charge in [0.05, 0.1) is 0 Å². The summed E-state index contributed by atoms with van der Waals surface area (Å²) in [5.74, 6) is 0. The van der Waals surface area contributed by atoms with Gasteiger partial charge in [0.25, 0.3) is 0 Å². The SMILES string of the molecule is Cc1ccc(NCCNc2ccc(C)c(Cl)c2)cc1. The molecule has 0 aromatic heterocycles. The van der Waals surface area contributed by atoms with Crippen LogP contribution in [0.4, 0.5) is 11.4 Å². The first-order chi connectivity index (χ1) is 9.15. The molecule has 0 heterocycles. The highest BCUT2D eigenvalue weighted by atomic mass is 35.5. The van der Waals surface area contributed by atoms with Gasteiger partial charge < -0.3 is 10.6 Å². The van der Waals surface area contributed by atoms with Gasteiger partial charge in [0.1, 0.15) is 0 Å². The summed E-state index contributed by atoms with van der Waals surface area (Å²) in [4.78, 5) is 0. The summed E-state index contributed by atoms with van der Waals surface area (Å²) in [6.07, 6.45) is 0. The normalized spacial score (nSPS) is 10.3. The third-order valence-corrected chi connectivity index (χ3v) is 3.41. The summed E-state index contributed by atoms with van der Waals surface area (Å²) in [5.41, 5.74) is 4.58. The van der Waals surface area contributed by atoms with E-state index in [0.29, 0.717) is 0 Å². The summed E-state index contributed by atoms with van der Waals surface area (Å²) < 4.78 is 0. The van der Waals surface area contributed by atoms with Gasteiger partial charge in [0, 0.05) is 29.5 Å². The molecule has 2 aromatic carbocycles. The van der Waals surface area contributed by atoms with Crippen molar-refractivity contribution >= 4 is 23.0 Å². The molecule has 19 heavy (non-hydrogen) atoms. The Bertz CT molecular complexity index is 535. The van der Waals surface area contributed by atoms with Gasteiger partial charge in [0.15, 0.2) is 0 Å². The smallest absolute Gasteiger partial charge is 0.0455 e. The van der Waals surface area contributed by atoms with Crippen molar-refractivity contribution in [2.24, 2.45) is 0 Å². The number of aryl methyl sites for hydroxylation is 2. The van der Waals surface area contributed by atoms with E-state index >= 15 is 0 Å². The van der Waals surface area contributed by atoms with E-state index in [-0.39, 0.29) is 0 Å². The topological polar surface area (TPSA) is 24.1 Å². The largest absolute Gasteiger partial charge is 0.383 e. The lowest BCUT2D eigenvalue weighted by Gasteiger charge is -2.10. The Balaban J connectivity index is 1.77. The second kappa shape index (κ2) is 6.48. The summed E-state index contributed by atoms with van der Waals surface area (Å²) >= 11 is 6.08. The van der Waals surface area contributed by atoms with Crippen LogP contribution in [0.2, 0.25) is 5.02 Å². The van der Waals surface area contributed by atoms with Gasteiger partial charge in [-0.25, -0.2) is 0 Å². The lowest BCUT2D eigenvalue weighted by atomic mass is 10.2. The van der Waals surface area contributed by atoms with Crippen molar-refractivity contribution in [2.75, 3.05) is 23.7 Å². The van der Waals surface area contributed by atoms with Gasteiger partial charge in [0.2, 0.25) is 0 Å². The Kier molecular flexibility index (Phi) is 4.69. The van der Waals surface area contributed by atoms with E-state index in [4.69, 9.17) is 11.6 Å². The first-order valence-electron chi connectivity index (χ1n) is 6.46. The van der Waals surface area contributed by atoms with Crippen molar-refractivity contribution in [3.05, 3.63) is 58.6 Å². The van der Waals surface area contributed by atoms with Crippen LogP contribution in [-0.4, -0.2) is 13.1 Å². The molecular weight excluding hydrogens is 256 g/mol. The third kappa shape index (κ3) is 4.18. The van der Waals surface area contributed by atoms with Crippen LogP contribution in [0.15, 0.2) is 42.5 Å². The predicted octanol–water partition coefficient (Wildman–Crippen LogP) is 4.48. The molecule has 0 saturated heterocycles. The summed E-state index contributed by atoms with van der Waals surface area (Å²) in [6.45, 7) is 5.82. The van der Waals surface area contributed by atoms with Gasteiger partial charge in [-0.1, -0.05) is 35.4 Å². The molecule has 0 bridgehead atoms. The number of rotatable bonds is 5. The van der Waals surface area contributed by atoms with Gasteiger partial charge >= 0.3 is 0 Å². The van der Waals surface area contributed by atoms with Crippen molar-refractivity contribution in [1.29, 1.82) is 0 Å². The molecule has 0 radical (unpaired) electrons. The Morgan fingerprint density at radius 1 is 0.842 bits per heavy atom. The maximum absolute atomic E-state index is 6.08. The van der Waals surface area contributed by atoms with Crippen LogP contribution in [0.3, 0.4) is 0 Å². The zero-order valence-electron chi connectivity index (χ0n) is 11.3. The van der Waals surface area contributed by atoms with Crippen LogP contribution in [0.5, 0.6) is 0 Å². The quantitative estimate of drug-likeness (QED) is 0.786. The van der Waals surface area contributed by atoms with Crippen molar-refractivity contribution in [3.8, 4) is 0 Å². The molecule has 2 N–H and O–H groups in total. The molecule has 0 amide bonds. The van der Waals surface area contributed by atoms with Crippen LogP contribution < -0.4 is 10.6 Å². The number of hydrogen-bond donors (Lipinski definition) is 2. The van der Waals surface area contributed by atoms with E-state index in [1.165, 1.54) is 5.56 Å². The Morgan fingerprint density at radius 3 is 2.05 bits per heavy atom. The monoisotopic (exact) mass is 274 g/mol. The molecule has 0 fully saturated rings. The maximum Gasteiger partial charge on any atom is 0.0455 e. The van der Waals surface area contributed by atoms with Crippen molar-refractivity contribution < 1.29 is 0 Å². The summed E-state index contributed by atoms with van der Waals surface area (Å²) in [6, 6.07) is 14.4. The molecule has 0 unspecified atom stereocenters. The first-order valence-corrected chi connectivity index (χ1v) is 6.83. The molecular formula is C16H19ClN2. The molecule has 0 aliphatic carbocycles. The average Bonchev–Trinajstić information content (AvgIpc) is 2.41. The number of hydrogen-bond acceptors (Lipinski definition) is 2. The van der Waals surface area contributed by atoms with Crippen LogP contribution >= 0.6 is 11.6 Å². The predicted molar refractivity (Wildman–Crippen MR) is 84.3 cm³/mol. The van der Waals surface area contributed by atoms with Crippen LogP contribution in [0.1, 0.15) is 11.1 Å². The molecule has 2 nitrogen and oxygen atoms in total. The van der Waals surface area contributed by atoms with Gasteiger partial charge in [-0.3, -0.25) is 0 Å². The zero-order chi connectivity index (χ0) is 13.7. The van der Waals surface area contributed by atoms with E-state index in [9.17, 15) is 0 Å². The van der Waals surface area contributed by atoms with Crippen LogP contribution in [0.25, 0.3) is 0 Å². The standard InChI is InChI=1S/C16H19ClN2/c1-12-3-6-14(7-4-12)18-9-10-19-15-8-5-13(2)16(17)11-15/h3-8,11,18-19H,9-10H2,1-2H3. The first kappa shape index (κ1) is 13.8. The fourth-order valence-electron chi connectivity index (χ4n) is 1.79. The number of benzene rings is 2. The molecule has 3 heteroatoms. The fraction of sp³-hybridized carbons (Fsp3) is 0.250. The number of nitrogens with one attached hydrogen (secondary N) is 2. The van der Waals surface area contributed by atoms with E-state index in [2.05, 4.69) is 41.8 Å². The molecule has 0 aliphatic heterocycles. The molecule has 2 rings (SSSR count). The van der Waals surface area contributed by atoms with Crippen molar-refractivity contribution in [2.45, 2.75) is 13.8 Å². The summed E-state index contributed by atoms with van der Waals surface area (Å²) in [5, 5.41) is 7.52. The van der Waals surface area contributed by atoms with E-state index in [1.807, 2.05) is 25.1 Å². The van der Waals surface area contributed by atoms with Gasteiger partial charge in [-0.2, -0.15) is 0 Å². The molecule has 0 saturated carbocycles. The molecule has 0 spiro atoms. The van der Waals surface area contributed by atoms with Gasteiger partial charge in [-0.15, -0.1) is 0 Å². The molecule has 0 aliphatic rings. The highest BCUT2D eigenvalue weighted by molar-refractivity contribution is 6.31. The highest BCUT2D eigenvalue weighted by Crippen LogP contribution is 2.19. The summed E-state index contributed by atoms with van der Waals surface area (Å²) in [7, 11) is 0. The zero-order valence-corrected chi connectivity index (χ0v) is 12.1. The maximum atomic E-state index is 6.08. The van der Waals surface area contributed by atoms with Gasteiger partial charge in [-0.05, 0) is 43.7 Å². The average molecular weight is 275 g/mol. The minimum atomic E-state index is 0.802. The van der Waals surface area contributed by atoms with E-state index < -0.39 is 0 Å². The second-order valence-electron chi connectivity index (χ2n) is 4.68. The number of anilines is 2. The molecule has 2 aromatic rings. The molecule has 100 valence electrons. The lowest BCUT2D eigenvalue weighted by Crippen LogP contribution is -2.13. The number of halogens is 1. The Hall–Kier alpha value is -1.67. The Morgan fingerprint density at radius 2 is 1.42 bits per heavy atom. The van der Waals surface area contributed by atoms with Crippen LogP contribution in [-0.2, 0) is 0 Å². The third-order valence-electron chi connectivity index (χ3n) is 3.01. The lowest BCUT2D eigenvalue weighted by molar-refractivity contribution is 1.08. The van der Waals surface area contributed by atoms with E-state index in [0.717, 1.165) is 35.1 Å². The Labute approximate surface area is 119 Å². The second-order valence-corrected chi connectivity index (χ2v) is 5.09. The van der Waals surface area contributed by atoms with Crippen molar-refractivity contribution in [1.82, 2.24) is 0 Å². The fourth-order valence-corrected chi connectivity index (χ4v) is 1.97. The van der Waals surface area contributed by atoms with Crippen LogP contribution in [0, 0.1) is 13.8 Å². The van der Waals surface area contributed by atoms with E-state index in [1.54, 1.807) is 0 Å². The minimum absolute atomic E-state index is 0.802. The minimum Gasteiger partial charge on any atom is -0.383 e.